The summed E-state index contributed by atoms with van der Waals surface area (Å²) in [7, 11) is 0. The summed E-state index contributed by atoms with van der Waals surface area (Å²) in [6.45, 7) is 3.56. The molecule has 1 fully saturated rings. The maximum Gasteiger partial charge on any atom is 0.331 e. The van der Waals surface area contributed by atoms with Gasteiger partial charge in [-0.2, -0.15) is 0 Å². The summed E-state index contributed by atoms with van der Waals surface area (Å²) >= 11 is 1.27. The molecule has 2 aromatic heterocycles. The fourth-order valence-electron chi connectivity index (χ4n) is 4.82. The Hall–Kier alpha value is -4.02. The highest BCUT2D eigenvalue weighted by atomic mass is 32.1. The minimum Gasteiger partial charge on any atom is -0.457 e. The lowest BCUT2D eigenvalue weighted by Crippen LogP contribution is -2.45. The third-order valence-electron chi connectivity index (χ3n) is 6.53. The molecular weight excluding hydrogens is 493 g/mol. The van der Waals surface area contributed by atoms with Crippen LogP contribution in [0.5, 0.6) is 11.5 Å². The molecule has 10 heteroatoms. The Bertz CT molecular complexity index is 1530. The highest BCUT2D eigenvalue weighted by Gasteiger charge is 2.33. The predicted octanol–water partition coefficient (Wildman–Crippen LogP) is 5.70. The summed E-state index contributed by atoms with van der Waals surface area (Å²) in [5, 5.41) is 10.1. The van der Waals surface area contributed by atoms with Gasteiger partial charge in [0, 0.05) is 24.8 Å². The second-order valence-electron chi connectivity index (χ2n) is 9.11. The van der Waals surface area contributed by atoms with Crippen molar-refractivity contribution in [2.24, 2.45) is 0 Å². The number of urea groups is 1. The van der Waals surface area contributed by atoms with Gasteiger partial charge in [-0.05, 0) is 68.3 Å². The van der Waals surface area contributed by atoms with Gasteiger partial charge in [-0.1, -0.05) is 6.07 Å². The zero-order chi connectivity index (χ0) is 25.5. The SMILES string of the molecule is Cc1cc(Oc2cccc(F)c2)ccc1N1C(=O)Nc2c(C(=O)N[C@@H]3CCCNC3)sc3nccc1c23. The van der Waals surface area contributed by atoms with Crippen LogP contribution in [0.4, 0.5) is 26.2 Å². The number of amides is 3. The van der Waals surface area contributed by atoms with Gasteiger partial charge in [-0.15, -0.1) is 11.3 Å². The number of carbonyl (C=O) groups excluding carboxylic acids is 2. The van der Waals surface area contributed by atoms with Gasteiger partial charge in [-0.25, -0.2) is 14.2 Å². The molecule has 1 saturated heterocycles. The molecule has 0 spiro atoms. The van der Waals surface area contributed by atoms with Gasteiger partial charge in [0.15, 0.2) is 0 Å². The number of piperidine rings is 1. The Morgan fingerprint density at radius 2 is 2.05 bits per heavy atom. The summed E-state index contributed by atoms with van der Waals surface area (Å²) in [5.41, 5.74) is 2.60. The number of nitrogens with one attached hydrogen (secondary N) is 3. The number of nitrogens with zero attached hydrogens (tertiary/aromatic N) is 2. The van der Waals surface area contributed by atoms with Crippen LogP contribution in [0.25, 0.3) is 10.2 Å². The largest absolute Gasteiger partial charge is 0.457 e. The van der Waals surface area contributed by atoms with E-state index >= 15 is 0 Å². The molecule has 3 N–H and O–H groups in total. The molecule has 3 amide bonds. The standard InChI is InChI=1S/C27H24FN5O3S/c1-15-12-19(36-18-6-2-4-16(28)13-18)7-8-20(15)33-21-9-11-30-26-22(21)23(32-27(33)35)24(37-26)25(34)31-17-5-3-10-29-14-17/h2,4,6-9,11-13,17,29H,3,5,10,14H2,1H3,(H,31,34)(H,32,35)/t17-/m1/s1. The van der Waals surface area contributed by atoms with Crippen LogP contribution in [0, 0.1) is 12.7 Å². The van der Waals surface area contributed by atoms with Crippen LogP contribution in [0.3, 0.4) is 0 Å². The van der Waals surface area contributed by atoms with E-state index < -0.39 is 0 Å². The van der Waals surface area contributed by atoms with Crippen LogP contribution in [0.1, 0.15) is 28.1 Å². The fourth-order valence-corrected chi connectivity index (χ4v) is 5.84. The Kier molecular flexibility index (Phi) is 5.97. The number of hydrogen-bond acceptors (Lipinski definition) is 6. The summed E-state index contributed by atoms with van der Waals surface area (Å²) in [5.74, 6) is 0.321. The van der Waals surface area contributed by atoms with E-state index in [0.717, 1.165) is 36.9 Å². The molecule has 6 rings (SSSR count). The number of thiophene rings is 1. The normalized spacial score (nSPS) is 17.0. The van der Waals surface area contributed by atoms with Crippen molar-refractivity contribution in [2.45, 2.75) is 25.8 Å². The molecule has 8 nitrogen and oxygen atoms in total. The maximum absolute atomic E-state index is 13.5. The second kappa shape index (κ2) is 9.45. The van der Waals surface area contributed by atoms with E-state index in [1.54, 1.807) is 47.5 Å². The molecule has 4 aromatic rings. The highest BCUT2D eigenvalue weighted by Crippen LogP contribution is 2.46. The molecule has 2 aromatic carbocycles. The average Bonchev–Trinajstić information content (AvgIpc) is 3.25. The molecule has 0 bridgehead atoms. The first kappa shape index (κ1) is 23.4. The number of aromatic nitrogens is 1. The van der Waals surface area contributed by atoms with Gasteiger partial charge in [0.2, 0.25) is 0 Å². The average molecular weight is 518 g/mol. The van der Waals surface area contributed by atoms with Gasteiger partial charge in [0.1, 0.15) is 27.0 Å². The zero-order valence-corrected chi connectivity index (χ0v) is 20.8. The van der Waals surface area contributed by atoms with Crippen LogP contribution in [-0.2, 0) is 0 Å². The summed E-state index contributed by atoms with van der Waals surface area (Å²) in [6.07, 6.45) is 3.57. The van der Waals surface area contributed by atoms with Crippen molar-refractivity contribution in [3.05, 3.63) is 71.0 Å². The van der Waals surface area contributed by atoms with Crippen molar-refractivity contribution in [3.63, 3.8) is 0 Å². The van der Waals surface area contributed by atoms with Gasteiger partial charge in [0.05, 0.1) is 22.4 Å². The first-order valence-electron chi connectivity index (χ1n) is 12.1. The van der Waals surface area contributed by atoms with Crippen LogP contribution in [0.15, 0.2) is 54.7 Å². The smallest absolute Gasteiger partial charge is 0.331 e. The van der Waals surface area contributed by atoms with Crippen molar-refractivity contribution in [2.75, 3.05) is 23.3 Å². The maximum atomic E-state index is 13.5. The molecule has 188 valence electrons. The number of benzene rings is 2. The number of ether oxygens (including phenoxy) is 1. The van der Waals surface area contributed by atoms with Crippen LogP contribution >= 0.6 is 11.3 Å². The third-order valence-corrected chi connectivity index (χ3v) is 7.62. The van der Waals surface area contributed by atoms with Crippen molar-refractivity contribution >= 4 is 50.6 Å². The molecular formula is C27H24FN5O3S. The summed E-state index contributed by atoms with van der Waals surface area (Å²) in [4.78, 5) is 33.7. The molecule has 2 aliphatic heterocycles. The number of halogens is 1. The van der Waals surface area contributed by atoms with E-state index in [1.807, 2.05) is 6.92 Å². The Morgan fingerprint density at radius 3 is 2.84 bits per heavy atom. The minimum absolute atomic E-state index is 0.0534. The number of hydrogen-bond donors (Lipinski definition) is 3. The van der Waals surface area contributed by atoms with Gasteiger partial charge >= 0.3 is 6.03 Å². The van der Waals surface area contributed by atoms with E-state index in [9.17, 15) is 14.0 Å². The molecule has 2 aliphatic rings. The molecule has 0 saturated carbocycles. The third kappa shape index (κ3) is 4.38. The van der Waals surface area contributed by atoms with Crippen LogP contribution in [0.2, 0.25) is 0 Å². The van der Waals surface area contributed by atoms with E-state index in [2.05, 4.69) is 20.9 Å². The van der Waals surface area contributed by atoms with E-state index in [-0.39, 0.29) is 23.8 Å². The lowest BCUT2D eigenvalue weighted by atomic mass is 10.1. The summed E-state index contributed by atoms with van der Waals surface area (Å²) < 4.78 is 19.3. The number of carbonyl (C=O) groups is 2. The number of aryl methyl sites for hydroxylation is 1. The minimum atomic E-state index is -0.382. The lowest BCUT2D eigenvalue weighted by Gasteiger charge is -2.30. The first-order chi connectivity index (χ1) is 18.0. The zero-order valence-electron chi connectivity index (χ0n) is 20.0. The molecule has 0 unspecified atom stereocenters. The van der Waals surface area contributed by atoms with Crippen molar-refractivity contribution in [1.82, 2.24) is 15.6 Å². The van der Waals surface area contributed by atoms with Crippen molar-refractivity contribution < 1.29 is 18.7 Å². The Morgan fingerprint density at radius 1 is 1.19 bits per heavy atom. The molecule has 37 heavy (non-hydrogen) atoms. The summed E-state index contributed by atoms with van der Waals surface area (Å²) in [6, 6.07) is 12.7. The van der Waals surface area contributed by atoms with Crippen molar-refractivity contribution in [1.29, 1.82) is 0 Å². The molecule has 0 radical (unpaired) electrons. The van der Waals surface area contributed by atoms with E-state index in [0.29, 0.717) is 38.3 Å². The second-order valence-corrected chi connectivity index (χ2v) is 10.1. The lowest BCUT2D eigenvalue weighted by molar-refractivity contribution is 0.0935. The molecule has 0 aliphatic carbocycles. The van der Waals surface area contributed by atoms with E-state index in [1.165, 1.54) is 23.5 Å². The highest BCUT2D eigenvalue weighted by molar-refractivity contribution is 7.21. The monoisotopic (exact) mass is 517 g/mol. The number of rotatable bonds is 5. The van der Waals surface area contributed by atoms with Gasteiger partial charge in [0.25, 0.3) is 5.91 Å². The Balaban J connectivity index is 1.33. The van der Waals surface area contributed by atoms with E-state index in [4.69, 9.17) is 4.74 Å². The van der Waals surface area contributed by atoms with Crippen LogP contribution < -0.4 is 25.6 Å². The number of anilines is 3. The molecule has 1 atom stereocenters. The van der Waals surface area contributed by atoms with Crippen molar-refractivity contribution in [3.8, 4) is 11.5 Å². The van der Waals surface area contributed by atoms with Crippen LogP contribution in [-0.4, -0.2) is 36.1 Å². The topological polar surface area (TPSA) is 95.6 Å². The predicted molar refractivity (Wildman–Crippen MR) is 142 cm³/mol. The Labute approximate surface area is 216 Å². The molecule has 4 heterocycles. The number of pyridine rings is 1. The fraction of sp³-hybridized carbons (Fsp3) is 0.222. The van der Waals surface area contributed by atoms with Gasteiger partial charge in [-0.3, -0.25) is 9.69 Å². The first-order valence-corrected chi connectivity index (χ1v) is 12.9. The van der Waals surface area contributed by atoms with Gasteiger partial charge < -0.3 is 20.7 Å². The quantitative estimate of drug-likeness (QED) is 0.316.